The Balaban J connectivity index is 1.88. The molecule has 11 heteroatoms. The molecule has 7 nitrogen and oxygen atoms in total. The number of aromatic nitrogens is 3. The van der Waals surface area contributed by atoms with E-state index < -0.39 is 27.1 Å². The topological polar surface area (TPSA) is 108 Å². The Hall–Kier alpha value is -3.83. The first-order valence-electron chi connectivity index (χ1n) is 9.52. The first-order chi connectivity index (χ1) is 15.6. The summed E-state index contributed by atoms with van der Waals surface area (Å²) in [6, 6.07) is 15.8. The second-order valence-corrected chi connectivity index (χ2v) is 8.67. The number of rotatable bonds is 4. The van der Waals surface area contributed by atoms with Crippen molar-refractivity contribution >= 4 is 31.9 Å². The molecule has 3 N–H and O–H groups in total. The summed E-state index contributed by atoms with van der Waals surface area (Å²) in [6.07, 6.45) is -3.66. The normalized spacial score (nSPS) is 12.5. The van der Waals surface area contributed by atoms with E-state index in [2.05, 4.69) is 19.9 Å². The summed E-state index contributed by atoms with van der Waals surface area (Å²) in [6.45, 7) is 0. The molecule has 33 heavy (non-hydrogen) atoms. The van der Waals surface area contributed by atoms with Crippen LogP contribution >= 0.6 is 0 Å². The predicted molar refractivity (Wildman–Crippen MR) is 115 cm³/mol. The molecule has 0 fully saturated rings. The lowest BCUT2D eigenvalue weighted by molar-refractivity contribution is -0.275. The first kappa shape index (κ1) is 21.0. The Morgan fingerprint density at radius 3 is 2.45 bits per heavy atom. The van der Waals surface area contributed by atoms with Crippen molar-refractivity contribution in [1.29, 1.82) is 0 Å². The molecule has 0 unspecified atom stereocenters. The van der Waals surface area contributed by atoms with Gasteiger partial charge in [-0.15, -0.1) is 13.2 Å². The highest BCUT2D eigenvalue weighted by atomic mass is 32.2. The number of benzene rings is 3. The van der Waals surface area contributed by atoms with Gasteiger partial charge in [-0.25, -0.2) is 0 Å². The molecular weight excluding hydrogens is 459 g/mol. The maximum Gasteiger partial charge on any atom is 0.573 e. The van der Waals surface area contributed by atoms with Gasteiger partial charge in [0.2, 0.25) is 0 Å². The zero-order valence-corrected chi connectivity index (χ0v) is 17.3. The molecule has 3 aromatic carbocycles. The van der Waals surface area contributed by atoms with Gasteiger partial charge in [0.1, 0.15) is 4.90 Å². The van der Waals surface area contributed by atoms with E-state index in [4.69, 9.17) is 0 Å². The number of H-pyrrole nitrogens is 2. The fourth-order valence-electron chi connectivity index (χ4n) is 3.81. The fourth-order valence-corrected chi connectivity index (χ4v) is 4.43. The number of aromatic amines is 2. The van der Waals surface area contributed by atoms with Gasteiger partial charge in [0.25, 0.3) is 10.1 Å². The highest BCUT2D eigenvalue weighted by Crippen LogP contribution is 2.45. The minimum Gasteiger partial charge on any atom is -0.404 e. The van der Waals surface area contributed by atoms with Gasteiger partial charge in [-0.3, -0.25) is 9.65 Å². The quantitative estimate of drug-likeness (QED) is 0.298. The van der Waals surface area contributed by atoms with E-state index in [1.165, 1.54) is 6.07 Å². The summed E-state index contributed by atoms with van der Waals surface area (Å²) in [5.41, 5.74) is 2.11. The molecule has 0 radical (unpaired) electrons. The maximum atomic E-state index is 13.4. The zero-order chi connectivity index (χ0) is 23.4. The molecule has 0 aliphatic rings. The Morgan fingerprint density at radius 2 is 1.73 bits per heavy atom. The number of fused-ring (bicyclic) bond motifs is 2. The lowest BCUT2D eigenvalue weighted by Crippen LogP contribution is -2.20. The molecule has 0 aliphatic carbocycles. The van der Waals surface area contributed by atoms with Crippen molar-refractivity contribution in [2.45, 2.75) is 11.3 Å². The third kappa shape index (κ3) is 3.92. The number of hydrogen-bond donors (Lipinski definition) is 3. The van der Waals surface area contributed by atoms with Gasteiger partial charge >= 0.3 is 6.36 Å². The Bertz CT molecular complexity index is 1590. The van der Waals surface area contributed by atoms with Gasteiger partial charge in [-0.2, -0.15) is 13.5 Å². The van der Waals surface area contributed by atoms with E-state index in [0.717, 1.165) is 6.07 Å². The third-order valence-electron chi connectivity index (χ3n) is 5.17. The van der Waals surface area contributed by atoms with Crippen LogP contribution in [0.15, 0.2) is 71.8 Å². The Labute approximate surface area is 184 Å². The molecule has 0 bridgehead atoms. The maximum absolute atomic E-state index is 13.4. The van der Waals surface area contributed by atoms with Crippen LogP contribution in [0.5, 0.6) is 5.75 Å². The van der Waals surface area contributed by atoms with Gasteiger partial charge in [0.15, 0.2) is 5.75 Å². The van der Waals surface area contributed by atoms with Crippen molar-refractivity contribution in [2.24, 2.45) is 0 Å². The number of ether oxygens (including phenoxy) is 1. The summed E-state index contributed by atoms with van der Waals surface area (Å²) in [5.74, 6) is -1.03. The smallest absolute Gasteiger partial charge is 0.404 e. The van der Waals surface area contributed by atoms with Gasteiger partial charge < -0.3 is 9.72 Å². The molecule has 0 atom stereocenters. The van der Waals surface area contributed by atoms with E-state index in [1.54, 1.807) is 54.7 Å². The van der Waals surface area contributed by atoms with Crippen molar-refractivity contribution < 1.29 is 30.9 Å². The second-order valence-electron chi connectivity index (χ2n) is 7.28. The number of para-hydroxylation sites is 1. The van der Waals surface area contributed by atoms with Crippen LogP contribution in [0.2, 0.25) is 0 Å². The molecule has 0 saturated carbocycles. The summed E-state index contributed by atoms with van der Waals surface area (Å²) < 4.78 is 78.0. The zero-order valence-electron chi connectivity index (χ0n) is 16.5. The summed E-state index contributed by atoms with van der Waals surface area (Å²) in [5, 5.41) is 8.13. The average molecular weight is 473 g/mol. The number of alkyl halides is 3. The number of halogens is 3. The van der Waals surface area contributed by atoms with Crippen LogP contribution in [0.1, 0.15) is 0 Å². The molecule has 5 rings (SSSR count). The average Bonchev–Trinajstić information content (AvgIpc) is 3.37. The van der Waals surface area contributed by atoms with Crippen LogP contribution < -0.4 is 4.74 Å². The minimum atomic E-state index is -5.21. The fraction of sp³-hybridized carbons (Fsp3) is 0.0455. The molecule has 0 aliphatic heterocycles. The number of nitrogens with zero attached hydrogens (tertiary/aromatic N) is 1. The summed E-state index contributed by atoms with van der Waals surface area (Å²) in [7, 11) is -5.04. The molecule has 0 amide bonds. The van der Waals surface area contributed by atoms with Crippen molar-refractivity contribution in [3.63, 3.8) is 0 Å². The Morgan fingerprint density at radius 1 is 0.939 bits per heavy atom. The van der Waals surface area contributed by atoms with E-state index in [9.17, 15) is 26.1 Å². The van der Waals surface area contributed by atoms with Crippen LogP contribution in [-0.2, 0) is 10.1 Å². The first-order valence-corrected chi connectivity index (χ1v) is 11.0. The van der Waals surface area contributed by atoms with Gasteiger partial charge in [0.05, 0.1) is 17.4 Å². The highest BCUT2D eigenvalue weighted by Gasteiger charge is 2.37. The summed E-state index contributed by atoms with van der Waals surface area (Å²) in [4.78, 5) is 2.02. The van der Waals surface area contributed by atoms with E-state index in [1.807, 2.05) is 0 Å². The van der Waals surface area contributed by atoms with Gasteiger partial charge in [0, 0.05) is 21.9 Å². The van der Waals surface area contributed by atoms with E-state index in [-0.39, 0.29) is 16.8 Å². The van der Waals surface area contributed by atoms with E-state index in [0.29, 0.717) is 27.4 Å². The molecule has 2 aromatic heterocycles. The van der Waals surface area contributed by atoms with Gasteiger partial charge in [-0.05, 0) is 41.5 Å². The standard InChI is InChI=1S/C22H14F3N3O4S/c23-22(24,25)32-21-19(33(29,30)31)8-6-15(12-5-7-17-14(9-12)11-26-28-17)20(21)18-10-13-3-1-2-4-16(13)27-18/h1-11,27H,(H,26,28)(H,29,30,31). The number of nitrogens with one attached hydrogen (secondary N) is 2. The lowest BCUT2D eigenvalue weighted by atomic mass is 9.95. The monoisotopic (exact) mass is 473 g/mol. The van der Waals surface area contributed by atoms with Crippen LogP contribution in [0.4, 0.5) is 13.2 Å². The van der Waals surface area contributed by atoms with Crippen LogP contribution in [-0.4, -0.2) is 34.5 Å². The van der Waals surface area contributed by atoms with Crippen molar-refractivity contribution in [2.75, 3.05) is 0 Å². The van der Waals surface area contributed by atoms with Crippen molar-refractivity contribution in [1.82, 2.24) is 15.2 Å². The molecule has 0 spiro atoms. The second kappa shape index (κ2) is 7.36. The lowest BCUT2D eigenvalue weighted by Gasteiger charge is -2.19. The SMILES string of the molecule is O=S(=O)(O)c1ccc(-c2ccc3[nH]ncc3c2)c(-c2cc3ccccc3[nH]2)c1OC(F)(F)F. The third-order valence-corrected chi connectivity index (χ3v) is 6.05. The van der Waals surface area contributed by atoms with Crippen molar-refractivity contribution in [3.8, 4) is 28.1 Å². The highest BCUT2D eigenvalue weighted by molar-refractivity contribution is 7.86. The predicted octanol–water partition coefficient (Wildman–Crippen LogP) is 5.52. The number of hydrogen-bond acceptors (Lipinski definition) is 4. The minimum absolute atomic E-state index is 0.165. The molecular formula is C22H14F3N3O4S. The molecule has 168 valence electrons. The Kier molecular flexibility index (Phi) is 4.69. The largest absolute Gasteiger partial charge is 0.573 e. The summed E-state index contributed by atoms with van der Waals surface area (Å²) >= 11 is 0. The molecule has 2 heterocycles. The van der Waals surface area contributed by atoms with Crippen LogP contribution in [0.25, 0.3) is 44.2 Å². The van der Waals surface area contributed by atoms with E-state index >= 15 is 0 Å². The van der Waals surface area contributed by atoms with Crippen molar-refractivity contribution in [3.05, 3.63) is 66.9 Å². The molecule has 5 aromatic rings. The van der Waals surface area contributed by atoms with Crippen LogP contribution in [0.3, 0.4) is 0 Å². The van der Waals surface area contributed by atoms with Crippen LogP contribution in [0, 0.1) is 0 Å². The molecule has 0 saturated heterocycles. The van der Waals surface area contributed by atoms with Gasteiger partial charge in [-0.1, -0.05) is 30.3 Å².